The fourth-order valence-corrected chi connectivity index (χ4v) is 1.79. The van der Waals surface area contributed by atoms with Gasteiger partial charge in [-0.2, -0.15) is 0 Å². The molecule has 0 saturated heterocycles. The van der Waals surface area contributed by atoms with Gasteiger partial charge in [-0.1, -0.05) is 30.3 Å². The maximum atomic E-state index is 11.9. The highest BCUT2D eigenvalue weighted by Gasteiger charge is 2.19. The Bertz CT molecular complexity index is 366. The number of benzene rings is 1. The molecule has 1 N–H and O–H groups in total. The lowest BCUT2D eigenvalue weighted by Gasteiger charge is -2.18. The molecule has 0 aliphatic carbocycles. The van der Waals surface area contributed by atoms with Crippen LogP contribution in [0.15, 0.2) is 30.3 Å². The first-order valence-corrected chi connectivity index (χ1v) is 6.72. The van der Waals surface area contributed by atoms with E-state index >= 15 is 0 Å². The quantitative estimate of drug-likeness (QED) is 0.719. The number of nitrogens with zero attached hydrogens (tertiary/aromatic N) is 1. The van der Waals surface area contributed by atoms with Crippen molar-refractivity contribution in [2.24, 2.45) is 0 Å². The van der Waals surface area contributed by atoms with E-state index in [-0.39, 0.29) is 12.0 Å². The van der Waals surface area contributed by atoms with Crippen LogP contribution in [0.25, 0.3) is 0 Å². The maximum Gasteiger partial charge on any atom is 0.323 e. The monoisotopic (exact) mass is 264 g/mol. The first kappa shape index (κ1) is 15.7. The molecule has 1 rings (SSSR count). The minimum absolute atomic E-state index is 0.176. The van der Waals surface area contributed by atoms with Gasteiger partial charge in [-0.3, -0.25) is 4.79 Å². The van der Waals surface area contributed by atoms with Crippen LogP contribution >= 0.6 is 0 Å². The van der Waals surface area contributed by atoms with Crippen LogP contribution in [0, 0.1) is 0 Å². The first-order chi connectivity index (χ1) is 9.13. The number of nitrogens with one attached hydrogen (secondary N) is 1. The summed E-state index contributed by atoms with van der Waals surface area (Å²) in [6.07, 6.45) is 0.660. The van der Waals surface area contributed by atoms with Crippen molar-refractivity contribution in [3.8, 4) is 0 Å². The van der Waals surface area contributed by atoms with Crippen LogP contribution in [0.1, 0.15) is 12.5 Å². The summed E-state index contributed by atoms with van der Waals surface area (Å²) in [5.41, 5.74) is 1.14. The Hall–Kier alpha value is -1.39. The Kier molecular flexibility index (Phi) is 7.15. The highest BCUT2D eigenvalue weighted by atomic mass is 16.5. The van der Waals surface area contributed by atoms with Crippen LogP contribution in [0.2, 0.25) is 0 Å². The number of hydrogen-bond donors (Lipinski definition) is 1. The average molecular weight is 264 g/mol. The van der Waals surface area contributed by atoms with Gasteiger partial charge in [0.25, 0.3) is 0 Å². The van der Waals surface area contributed by atoms with Gasteiger partial charge >= 0.3 is 5.97 Å². The zero-order chi connectivity index (χ0) is 14.1. The van der Waals surface area contributed by atoms with Gasteiger partial charge < -0.3 is 15.0 Å². The third-order valence-corrected chi connectivity index (χ3v) is 2.80. The molecule has 4 heteroatoms. The van der Waals surface area contributed by atoms with E-state index in [4.69, 9.17) is 4.74 Å². The summed E-state index contributed by atoms with van der Waals surface area (Å²) >= 11 is 0. The van der Waals surface area contributed by atoms with Crippen molar-refractivity contribution in [1.29, 1.82) is 0 Å². The summed E-state index contributed by atoms with van der Waals surface area (Å²) in [5, 5.41) is 3.27. The second kappa shape index (κ2) is 8.67. The second-order valence-electron chi connectivity index (χ2n) is 4.75. The number of rotatable bonds is 8. The van der Waals surface area contributed by atoms with Gasteiger partial charge in [-0.15, -0.1) is 0 Å². The van der Waals surface area contributed by atoms with Crippen molar-refractivity contribution in [3.63, 3.8) is 0 Å². The van der Waals surface area contributed by atoms with E-state index < -0.39 is 0 Å². The third-order valence-electron chi connectivity index (χ3n) is 2.80. The average Bonchev–Trinajstić information content (AvgIpc) is 2.38. The molecule has 0 bridgehead atoms. The molecular formula is C15H24N2O2. The number of ether oxygens (including phenoxy) is 1. The molecule has 106 valence electrons. The van der Waals surface area contributed by atoms with Crippen LogP contribution in [0.3, 0.4) is 0 Å². The molecular weight excluding hydrogens is 240 g/mol. The minimum atomic E-state index is -0.276. The number of esters is 1. The van der Waals surface area contributed by atoms with Gasteiger partial charge in [0.05, 0.1) is 6.61 Å². The Morgan fingerprint density at radius 2 is 2.00 bits per heavy atom. The minimum Gasteiger partial charge on any atom is -0.465 e. The topological polar surface area (TPSA) is 41.6 Å². The summed E-state index contributed by atoms with van der Waals surface area (Å²) in [5.74, 6) is -0.176. The van der Waals surface area contributed by atoms with Crippen molar-refractivity contribution in [2.75, 3.05) is 33.8 Å². The van der Waals surface area contributed by atoms with Crippen molar-refractivity contribution in [2.45, 2.75) is 19.4 Å². The molecule has 1 aromatic rings. The molecule has 19 heavy (non-hydrogen) atoms. The van der Waals surface area contributed by atoms with Gasteiger partial charge in [0, 0.05) is 13.1 Å². The van der Waals surface area contributed by atoms with Crippen LogP contribution < -0.4 is 5.32 Å². The van der Waals surface area contributed by atoms with Crippen LogP contribution in [-0.2, 0) is 16.0 Å². The Morgan fingerprint density at radius 1 is 1.32 bits per heavy atom. The molecule has 0 saturated carbocycles. The van der Waals surface area contributed by atoms with Crippen molar-refractivity contribution < 1.29 is 9.53 Å². The van der Waals surface area contributed by atoms with Crippen LogP contribution in [-0.4, -0.2) is 50.7 Å². The smallest absolute Gasteiger partial charge is 0.323 e. The standard InChI is InChI=1S/C15H24N2O2/c1-4-19-15(18)14(16-10-11-17(2)3)12-13-8-6-5-7-9-13/h5-9,14,16H,4,10-12H2,1-3H3. The van der Waals surface area contributed by atoms with E-state index in [9.17, 15) is 4.79 Å². The molecule has 1 unspecified atom stereocenters. The van der Waals surface area contributed by atoms with Gasteiger partial charge in [0.1, 0.15) is 6.04 Å². The lowest BCUT2D eigenvalue weighted by atomic mass is 10.1. The number of hydrogen-bond acceptors (Lipinski definition) is 4. The van der Waals surface area contributed by atoms with Crippen molar-refractivity contribution in [3.05, 3.63) is 35.9 Å². The number of carbonyl (C=O) groups excluding carboxylic acids is 1. The van der Waals surface area contributed by atoms with E-state index in [1.54, 1.807) is 0 Å². The van der Waals surface area contributed by atoms with E-state index in [1.807, 2.05) is 51.4 Å². The van der Waals surface area contributed by atoms with Gasteiger partial charge in [0.2, 0.25) is 0 Å². The first-order valence-electron chi connectivity index (χ1n) is 6.72. The third kappa shape index (κ3) is 6.36. The second-order valence-corrected chi connectivity index (χ2v) is 4.75. The molecule has 1 atom stereocenters. The van der Waals surface area contributed by atoms with Gasteiger partial charge in [-0.05, 0) is 33.0 Å². The molecule has 4 nitrogen and oxygen atoms in total. The Morgan fingerprint density at radius 3 is 2.58 bits per heavy atom. The molecule has 0 spiro atoms. The van der Waals surface area contributed by atoms with Crippen molar-refractivity contribution >= 4 is 5.97 Å². The lowest BCUT2D eigenvalue weighted by molar-refractivity contribution is -0.145. The Balaban J connectivity index is 2.56. The zero-order valence-corrected chi connectivity index (χ0v) is 12.1. The molecule has 0 heterocycles. The number of likely N-dealkylation sites (N-methyl/N-ethyl adjacent to an activating group) is 1. The predicted octanol–water partition coefficient (Wildman–Crippen LogP) is 1.31. The summed E-state index contributed by atoms with van der Waals surface area (Å²) in [6, 6.07) is 9.72. The summed E-state index contributed by atoms with van der Waals surface area (Å²) in [7, 11) is 4.02. The summed E-state index contributed by atoms with van der Waals surface area (Å²) in [6.45, 7) is 3.91. The molecule has 0 aliphatic rings. The molecule has 1 aromatic carbocycles. The van der Waals surface area contributed by atoms with E-state index in [0.717, 1.165) is 18.7 Å². The largest absolute Gasteiger partial charge is 0.465 e. The van der Waals surface area contributed by atoms with E-state index in [1.165, 1.54) is 0 Å². The highest BCUT2D eigenvalue weighted by molar-refractivity contribution is 5.76. The highest BCUT2D eigenvalue weighted by Crippen LogP contribution is 2.04. The molecule has 0 fully saturated rings. The predicted molar refractivity (Wildman–Crippen MR) is 77.1 cm³/mol. The van der Waals surface area contributed by atoms with Gasteiger partial charge in [0.15, 0.2) is 0 Å². The SMILES string of the molecule is CCOC(=O)C(Cc1ccccc1)NCCN(C)C. The van der Waals surface area contributed by atoms with E-state index in [0.29, 0.717) is 13.0 Å². The van der Waals surface area contributed by atoms with E-state index in [2.05, 4.69) is 10.2 Å². The molecule has 0 amide bonds. The maximum absolute atomic E-state index is 11.9. The summed E-state index contributed by atoms with van der Waals surface area (Å²) in [4.78, 5) is 14.0. The Labute approximate surface area is 115 Å². The lowest BCUT2D eigenvalue weighted by Crippen LogP contribution is -2.42. The van der Waals surface area contributed by atoms with Crippen LogP contribution in [0.5, 0.6) is 0 Å². The van der Waals surface area contributed by atoms with Crippen LogP contribution in [0.4, 0.5) is 0 Å². The summed E-state index contributed by atoms with van der Waals surface area (Å²) < 4.78 is 5.12. The van der Waals surface area contributed by atoms with Gasteiger partial charge in [-0.25, -0.2) is 0 Å². The molecule has 0 aliphatic heterocycles. The zero-order valence-electron chi connectivity index (χ0n) is 12.1. The van der Waals surface area contributed by atoms with Crippen molar-refractivity contribution in [1.82, 2.24) is 10.2 Å². The molecule has 0 aromatic heterocycles. The number of carbonyl (C=O) groups is 1. The fourth-order valence-electron chi connectivity index (χ4n) is 1.79. The fraction of sp³-hybridized carbons (Fsp3) is 0.533. The normalized spacial score (nSPS) is 12.4. The molecule has 0 radical (unpaired) electrons.